The van der Waals surface area contributed by atoms with Crippen LogP contribution in [0.3, 0.4) is 0 Å². The zero-order valence-electron chi connectivity index (χ0n) is 9.86. The van der Waals surface area contributed by atoms with Crippen LogP contribution in [0.25, 0.3) is 0 Å². The first kappa shape index (κ1) is 12.9. The molecule has 0 atom stereocenters. The van der Waals surface area contributed by atoms with Crippen molar-refractivity contribution >= 4 is 34.5 Å². The van der Waals surface area contributed by atoms with Crippen LogP contribution in [-0.2, 0) is 7.05 Å². The topological polar surface area (TPSA) is 51.1 Å². The molecule has 0 saturated carbocycles. The molecule has 0 spiro atoms. The molecule has 1 amide bonds. The van der Waals surface area contributed by atoms with Crippen LogP contribution in [0, 0.1) is 6.92 Å². The average Bonchev–Trinajstić information content (AvgIpc) is 2.72. The van der Waals surface area contributed by atoms with E-state index >= 15 is 0 Å². The third kappa shape index (κ3) is 2.47. The van der Waals surface area contributed by atoms with Gasteiger partial charge in [-0.1, -0.05) is 11.6 Å². The van der Waals surface area contributed by atoms with Gasteiger partial charge in [-0.25, -0.2) is 0 Å². The zero-order valence-corrected chi connectivity index (χ0v) is 11.4. The Hall–Kier alpha value is -1.59. The Labute approximate surface area is 113 Å². The number of aromatic nitrogens is 1. The van der Waals surface area contributed by atoms with E-state index in [4.69, 9.17) is 11.6 Å². The van der Waals surface area contributed by atoms with Crippen LogP contribution < -0.4 is 10.9 Å². The van der Waals surface area contributed by atoms with Gasteiger partial charge in [0.2, 0.25) is 0 Å². The Bertz CT molecular complexity index is 634. The summed E-state index contributed by atoms with van der Waals surface area (Å²) in [4.78, 5) is 23.4. The number of halogens is 1. The van der Waals surface area contributed by atoms with Crippen LogP contribution in [-0.4, -0.2) is 10.5 Å². The fourth-order valence-corrected chi connectivity index (χ4v) is 2.61. The molecule has 0 unspecified atom stereocenters. The van der Waals surface area contributed by atoms with Crippen molar-refractivity contribution in [2.75, 3.05) is 5.32 Å². The first-order valence-corrected chi connectivity index (χ1v) is 6.51. The minimum absolute atomic E-state index is 0.0809. The van der Waals surface area contributed by atoms with Crippen LogP contribution in [0.4, 0.5) is 5.69 Å². The second-order valence-electron chi connectivity index (χ2n) is 3.92. The molecule has 18 heavy (non-hydrogen) atoms. The first-order valence-electron chi connectivity index (χ1n) is 5.19. The number of nitrogens with one attached hydrogen (secondary N) is 1. The van der Waals surface area contributed by atoms with Gasteiger partial charge in [0.1, 0.15) is 5.02 Å². The van der Waals surface area contributed by atoms with E-state index in [0.29, 0.717) is 11.3 Å². The predicted molar refractivity (Wildman–Crippen MR) is 73.7 cm³/mol. The van der Waals surface area contributed by atoms with Gasteiger partial charge >= 0.3 is 0 Å². The summed E-state index contributed by atoms with van der Waals surface area (Å²) in [6.07, 6.45) is 1.54. The number of hydrogen-bond donors (Lipinski definition) is 1. The van der Waals surface area contributed by atoms with Crippen molar-refractivity contribution in [1.82, 2.24) is 4.57 Å². The van der Waals surface area contributed by atoms with Crippen molar-refractivity contribution in [2.45, 2.75) is 6.92 Å². The minimum Gasteiger partial charge on any atom is -0.321 e. The largest absolute Gasteiger partial charge is 0.321 e. The molecule has 1 N–H and O–H groups in total. The molecule has 0 fully saturated rings. The van der Waals surface area contributed by atoms with E-state index in [9.17, 15) is 9.59 Å². The summed E-state index contributed by atoms with van der Waals surface area (Å²) in [6.45, 7) is 1.87. The van der Waals surface area contributed by atoms with Crippen LogP contribution >= 0.6 is 22.9 Å². The monoisotopic (exact) mass is 282 g/mol. The molecule has 4 nitrogen and oxygen atoms in total. The highest BCUT2D eigenvalue weighted by Gasteiger charge is 2.11. The summed E-state index contributed by atoms with van der Waals surface area (Å²) in [5, 5.41) is 6.49. The molecule has 94 valence electrons. The number of amides is 1. The summed E-state index contributed by atoms with van der Waals surface area (Å²) in [5.74, 6) is -0.205. The zero-order chi connectivity index (χ0) is 13.3. The summed E-state index contributed by atoms with van der Waals surface area (Å²) in [7, 11) is 1.58. The fourth-order valence-electron chi connectivity index (χ4n) is 1.53. The second-order valence-corrected chi connectivity index (χ2v) is 5.07. The lowest BCUT2D eigenvalue weighted by atomic mass is 10.2. The second kappa shape index (κ2) is 4.96. The Morgan fingerprint density at radius 2 is 2.17 bits per heavy atom. The lowest BCUT2D eigenvalue weighted by molar-refractivity contribution is 0.102. The molecular weight excluding hydrogens is 272 g/mol. The molecule has 0 aromatic carbocycles. The molecular formula is C12H11ClN2O2S. The highest BCUT2D eigenvalue weighted by atomic mass is 35.5. The lowest BCUT2D eigenvalue weighted by Crippen LogP contribution is -2.19. The average molecular weight is 283 g/mol. The smallest absolute Gasteiger partial charge is 0.269 e. The van der Waals surface area contributed by atoms with Crippen LogP contribution in [0.1, 0.15) is 15.9 Å². The molecule has 0 saturated heterocycles. The molecule has 0 aliphatic rings. The number of anilines is 1. The maximum absolute atomic E-state index is 12.0. The van der Waals surface area contributed by atoms with E-state index in [1.54, 1.807) is 12.4 Å². The van der Waals surface area contributed by atoms with Gasteiger partial charge in [-0.3, -0.25) is 9.59 Å². The molecule has 6 heteroatoms. The summed E-state index contributed by atoms with van der Waals surface area (Å²) in [5.41, 5.74) is 1.76. The van der Waals surface area contributed by atoms with Crippen molar-refractivity contribution < 1.29 is 4.79 Å². The van der Waals surface area contributed by atoms with Crippen molar-refractivity contribution in [3.63, 3.8) is 0 Å². The van der Waals surface area contributed by atoms with E-state index in [2.05, 4.69) is 5.32 Å². The van der Waals surface area contributed by atoms with E-state index in [0.717, 1.165) is 5.56 Å². The Morgan fingerprint density at radius 3 is 2.72 bits per heavy atom. The van der Waals surface area contributed by atoms with Gasteiger partial charge in [-0.15, -0.1) is 0 Å². The van der Waals surface area contributed by atoms with Gasteiger partial charge in [-0.2, -0.15) is 11.3 Å². The van der Waals surface area contributed by atoms with Crippen molar-refractivity contribution in [3.8, 4) is 0 Å². The molecule has 0 bridgehead atoms. The van der Waals surface area contributed by atoms with E-state index < -0.39 is 0 Å². The van der Waals surface area contributed by atoms with E-state index in [1.807, 2.05) is 12.3 Å². The van der Waals surface area contributed by atoms with E-state index in [1.165, 1.54) is 28.2 Å². The Kier molecular flexibility index (Phi) is 3.54. The van der Waals surface area contributed by atoms with Crippen LogP contribution in [0.5, 0.6) is 0 Å². The fraction of sp³-hybridized carbons (Fsp3) is 0.167. The van der Waals surface area contributed by atoms with Crippen molar-refractivity contribution in [3.05, 3.63) is 49.5 Å². The third-order valence-corrected chi connectivity index (χ3v) is 3.63. The molecule has 0 radical (unpaired) electrons. The molecule has 2 heterocycles. The predicted octanol–water partition coefficient (Wildman–Crippen LogP) is 2.66. The maximum atomic E-state index is 12.0. The lowest BCUT2D eigenvalue weighted by Gasteiger charge is -2.07. The number of pyridine rings is 1. The Balaban J connectivity index is 2.28. The summed E-state index contributed by atoms with van der Waals surface area (Å²) in [6, 6.07) is 1.45. The van der Waals surface area contributed by atoms with Gasteiger partial charge in [0.15, 0.2) is 0 Å². The SMILES string of the molecule is Cc1cscc1C(=O)Nc1cc(Cl)c(=O)n(C)c1. The van der Waals surface area contributed by atoms with Crippen molar-refractivity contribution in [1.29, 1.82) is 0 Å². The van der Waals surface area contributed by atoms with Gasteiger partial charge in [0.25, 0.3) is 11.5 Å². The summed E-state index contributed by atoms with van der Waals surface area (Å²) < 4.78 is 1.33. The van der Waals surface area contributed by atoms with Gasteiger partial charge in [0.05, 0.1) is 11.3 Å². The number of thiophene rings is 1. The number of carbonyl (C=O) groups is 1. The maximum Gasteiger partial charge on any atom is 0.269 e. The standard InChI is InChI=1S/C12H11ClN2O2S/c1-7-5-18-6-9(7)11(16)14-8-3-10(13)12(17)15(2)4-8/h3-6H,1-2H3,(H,14,16). The summed E-state index contributed by atoms with van der Waals surface area (Å²) >= 11 is 7.25. The first-order chi connectivity index (χ1) is 8.49. The van der Waals surface area contributed by atoms with Gasteiger partial charge < -0.3 is 9.88 Å². The van der Waals surface area contributed by atoms with Gasteiger partial charge in [0, 0.05) is 18.6 Å². The van der Waals surface area contributed by atoms with Crippen LogP contribution in [0.2, 0.25) is 5.02 Å². The van der Waals surface area contributed by atoms with Gasteiger partial charge in [-0.05, 0) is 23.9 Å². The number of nitrogens with zero attached hydrogens (tertiary/aromatic N) is 1. The number of rotatable bonds is 2. The number of aryl methyl sites for hydroxylation is 2. The Morgan fingerprint density at radius 1 is 1.44 bits per heavy atom. The normalized spacial score (nSPS) is 10.4. The van der Waals surface area contributed by atoms with Crippen LogP contribution in [0.15, 0.2) is 27.8 Å². The number of carbonyl (C=O) groups excluding carboxylic acids is 1. The molecule has 2 aromatic rings. The molecule has 0 aliphatic heterocycles. The quantitative estimate of drug-likeness (QED) is 0.921. The molecule has 2 rings (SSSR count). The highest BCUT2D eigenvalue weighted by molar-refractivity contribution is 7.08. The molecule has 2 aromatic heterocycles. The van der Waals surface area contributed by atoms with E-state index in [-0.39, 0.29) is 16.5 Å². The highest BCUT2D eigenvalue weighted by Crippen LogP contribution is 2.17. The van der Waals surface area contributed by atoms with Crippen molar-refractivity contribution in [2.24, 2.45) is 7.05 Å². The third-order valence-electron chi connectivity index (χ3n) is 2.50. The minimum atomic E-state index is -0.290. The molecule has 0 aliphatic carbocycles. The number of hydrogen-bond acceptors (Lipinski definition) is 3.